The Labute approximate surface area is 195 Å². The van der Waals surface area contributed by atoms with E-state index in [0.717, 1.165) is 30.5 Å². The lowest BCUT2D eigenvalue weighted by atomic mass is 10.2. The van der Waals surface area contributed by atoms with Crippen molar-refractivity contribution in [1.29, 1.82) is 0 Å². The SMILES string of the molecule is CCOC(=O)c1ccc2c(c1)nc(SCC(=O)NCC1CCCO1)n2Cc1cccc(F)c1. The maximum absolute atomic E-state index is 13.7. The first-order valence-corrected chi connectivity index (χ1v) is 11.9. The van der Waals surface area contributed by atoms with E-state index in [1.54, 1.807) is 31.2 Å². The number of hydrogen-bond donors (Lipinski definition) is 1. The molecule has 33 heavy (non-hydrogen) atoms. The van der Waals surface area contributed by atoms with Crippen molar-refractivity contribution < 1.29 is 23.5 Å². The average Bonchev–Trinajstić information content (AvgIpc) is 3.44. The Bertz CT molecular complexity index is 1140. The molecule has 1 atom stereocenters. The number of imidazole rings is 1. The molecule has 3 aromatic rings. The first kappa shape index (κ1) is 23.3. The van der Waals surface area contributed by atoms with Crippen LogP contribution in [0, 0.1) is 5.82 Å². The first-order chi connectivity index (χ1) is 16.0. The minimum absolute atomic E-state index is 0.0813. The third kappa shape index (κ3) is 5.91. The Hall–Kier alpha value is -2.91. The third-order valence-corrected chi connectivity index (χ3v) is 6.31. The van der Waals surface area contributed by atoms with E-state index in [0.29, 0.717) is 29.3 Å². The first-order valence-electron chi connectivity index (χ1n) is 11.0. The van der Waals surface area contributed by atoms with Gasteiger partial charge in [-0.2, -0.15) is 0 Å². The molecule has 1 fully saturated rings. The summed E-state index contributed by atoms with van der Waals surface area (Å²) in [4.78, 5) is 29.2. The van der Waals surface area contributed by atoms with Crippen LogP contribution in [0.2, 0.25) is 0 Å². The maximum Gasteiger partial charge on any atom is 0.338 e. The van der Waals surface area contributed by atoms with Gasteiger partial charge in [0.2, 0.25) is 5.91 Å². The van der Waals surface area contributed by atoms with Crippen LogP contribution in [0.4, 0.5) is 4.39 Å². The van der Waals surface area contributed by atoms with Gasteiger partial charge in [-0.15, -0.1) is 0 Å². The maximum atomic E-state index is 13.7. The number of esters is 1. The van der Waals surface area contributed by atoms with Crippen LogP contribution >= 0.6 is 11.8 Å². The Kier molecular flexibility index (Phi) is 7.61. The summed E-state index contributed by atoms with van der Waals surface area (Å²) >= 11 is 1.30. The molecule has 7 nitrogen and oxygen atoms in total. The van der Waals surface area contributed by atoms with E-state index in [1.165, 1.54) is 23.9 Å². The van der Waals surface area contributed by atoms with Gasteiger partial charge in [0, 0.05) is 13.2 Å². The van der Waals surface area contributed by atoms with Crippen molar-refractivity contribution in [3.05, 3.63) is 59.4 Å². The van der Waals surface area contributed by atoms with E-state index in [9.17, 15) is 14.0 Å². The molecule has 2 heterocycles. The van der Waals surface area contributed by atoms with Crippen LogP contribution in [0.1, 0.15) is 35.7 Å². The van der Waals surface area contributed by atoms with Crippen molar-refractivity contribution in [3.63, 3.8) is 0 Å². The summed E-state index contributed by atoms with van der Waals surface area (Å²) in [6.07, 6.45) is 2.06. The number of benzene rings is 2. The molecule has 0 bridgehead atoms. The number of thioether (sulfide) groups is 1. The average molecular weight is 472 g/mol. The molecule has 0 radical (unpaired) electrons. The number of amides is 1. The molecule has 4 rings (SSSR count). The molecule has 0 saturated carbocycles. The van der Waals surface area contributed by atoms with Crippen LogP contribution in [-0.2, 0) is 20.8 Å². The highest BCUT2D eigenvalue weighted by Gasteiger charge is 2.18. The van der Waals surface area contributed by atoms with Crippen molar-refractivity contribution in [2.75, 3.05) is 25.5 Å². The second kappa shape index (κ2) is 10.8. The molecule has 1 aromatic heterocycles. The van der Waals surface area contributed by atoms with Gasteiger partial charge in [-0.3, -0.25) is 4.79 Å². The topological polar surface area (TPSA) is 82.4 Å². The standard InChI is InChI=1S/C24H26FN3O4S/c1-2-31-23(30)17-8-9-21-20(12-17)27-24(28(21)14-16-5-3-6-18(25)11-16)33-15-22(29)26-13-19-7-4-10-32-19/h3,5-6,8-9,11-12,19H,2,4,7,10,13-15H2,1H3,(H,26,29). The molecule has 0 aliphatic carbocycles. The van der Waals surface area contributed by atoms with Crippen LogP contribution in [-0.4, -0.2) is 53.0 Å². The molecule has 1 aliphatic heterocycles. The van der Waals surface area contributed by atoms with E-state index in [-0.39, 0.29) is 30.2 Å². The second-order valence-corrected chi connectivity index (χ2v) is 8.70. The molecular weight excluding hydrogens is 445 g/mol. The Morgan fingerprint density at radius 1 is 1.30 bits per heavy atom. The highest BCUT2D eigenvalue weighted by atomic mass is 32.2. The number of carbonyl (C=O) groups is 2. The summed E-state index contributed by atoms with van der Waals surface area (Å²) in [7, 11) is 0. The van der Waals surface area contributed by atoms with Gasteiger partial charge in [0.1, 0.15) is 5.82 Å². The fourth-order valence-corrected chi connectivity index (χ4v) is 4.59. The van der Waals surface area contributed by atoms with Crippen molar-refractivity contribution in [3.8, 4) is 0 Å². The van der Waals surface area contributed by atoms with Gasteiger partial charge in [-0.1, -0.05) is 23.9 Å². The zero-order chi connectivity index (χ0) is 23.2. The Balaban J connectivity index is 1.55. The highest BCUT2D eigenvalue weighted by Crippen LogP contribution is 2.26. The lowest BCUT2D eigenvalue weighted by Crippen LogP contribution is -2.32. The minimum Gasteiger partial charge on any atom is -0.462 e. The lowest BCUT2D eigenvalue weighted by molar-refractivity contribution is -0.119. The zero-order valence-corrected chi connectivity index (χ0v) is 19.2. The fourth-order valence-electron chi connectivity index (χ4n) is 3.74. The van der Waals surface area contributed by atoms with Gasteiger partial charge >= 0.3 is 5.97 Å². The predicted molar refractivity (Wildman–Crippen MR) is 124 cm³/mol. The van der Waals surface area contributed by atoms with E-state index < -0.39 is 5.97 Å². The highest BCUT2D eigenvalue weighted by molar-refractivity contribution is 7.99. The van der Waals surface area contributed by atoms with Gasteiger partial charge in [-0.25, -0.2) is 14.2 Å². The summed E-state index contributed by atoms with van der Waals surface area (Å²) in [5.74, 6) is -0.651. The number of fused-ring (bicyclic) bond motifs is 1. The summed E-state index contributed by atoms with van der Waals surface area (Å²) in [5.41, 5.74) is 2.58. The van der Waals surface area contributed by atoms with E-state index in [1.807, 2.05) is 10.6 Å². The normalized spacial score (nSPS) is 15.6. The summed E-state index contributed by atoms with van der Waals surface area (Å²) in [5, 5.41) is 3.52. The number of carbonyl (C=O) groups excluding carboxylic acids is 2. The molecule has 1 saturated heterocycles. The molecule has 1 aliphatic rings. The van der Waals surface area contributed by atoms with E-state index >= 15 is 0 Å². The van der Waals surface area contributed by atoms with Gasteiger partial charge in [0.25, 0.3) is 0 Å². The Morgan fingerprint density at radius 3 is 2.94 bits per heavy atom. The van der Waals surface area contributed by atoms with Gasteiger partial charge in [0.15, 0.2) is 5.16 Å². The number of nitrogens with zero attached hydrogens (tertiary/aromatic N) is 2. The third-order valence-electron chi connectivity index (χ3n) is 5.34. The van der Waals surface area contributed by atoms with Crippen LogP contribution < -0.4 is 5.32 Å². The fraction of sp³-hybridized carbons (Fsp3) is 0.375. The quantitative estimate of drug-likeness (QED) is 0.378. The monoisotopic (exact) mass is 471 g/mol. The van der Waals surface area contributed by atoms with Crippen LogP contribution in [0.3, 0.4) is 0 Å². The van der Waals surface area contributed by atoms with Crippen LogP contribution in [0.15, 0.2) is 47.6 Å². The molecule has 1 N–H and O–H groups in total. The van der Waals surface area contributed by atoms with Gasteiger partial charge in [0.05, 0.1) is 41.6 Å². The lowest BCUT2D eigenvalue weighted by Gasteiger charge is -2.11. The van der Waals surface area contributed by atoms with Crippen molar-refractivity contribution >= 4 is 34.7 Å². The van der Waals surface area contributed by atoms with Crippen LogP contribution in [0.25, 0.3) is 11.0 Å². The van der Waals surface area contributed by atoms with Gasteiger partial charge < -0.3 is 19.4 Å². The molecule has 2 aromatic carbocycles. The van der Waals surface area contributed by atoms with Crippen LogP contribution in [0.5, 0.6) is 0 Å². The number of nitrogens with one attached hydrogen (secondary N) is 1. The van der Waals surface area contributed by atoms with Crippen molar-refractivity contribution in [1.82, 2.24) is 14.9 Å². The Morgan fingerprint density at radius 2 is 2.18 bits per heavy atom. The number of aromatic nitrogens is 2. The molecule has 1 unspecified atom stereocenters. The smallest absolute Gasteiger partial charge is 0.338 e. The molecule has 0 spiro atoms. The summed E-state index contributed by atoms with van der Waals surface area (Å²) < 4.78 is 26.3. The summed E-state index contributed by atoms with van der Waals surface area (Å²) in [6.45, 7) is 3.66. The molecule has 1 amide bonds. The molecular formula is C24H26FN3O4S. The van der Waals surface area contributed by atoms with E-state index in [4.69, 9.17) is 9.47 Å². The number of rotatable bonds is 9. The number of ether oxygens (including phenoxy) is 2. The summed E-state index contributed by atoms with van der Waals surface area (Å²) in [6, 6.07) is 11.5. The minimum atomic E-state index is -0.415. The number of hydrogen-bond acceptors (Lipinski definition) is 6. The number of halogens is 1. The van der Waals surface area contributed by atoms with Crippen molar-refractivity contribution in [2.45, 2.75) is 37.6 Å². The van der Waals surface area contributed by atoms with Gasteiger partial charge in [-0.05, 0) is 55.7 Å². The largest absolute Gasteiger partial charge is 0.462 e. The zero-order valence-electron chi connectivity index (χ0n) is 18.4. The second-order valence-electron chi connectivity index (χ2n) is 7.76. The van der Waals surface area contributed by atoms with E-state index in [2.05, 4.69) is 10.3 Å². The molecule has 174 valence electrons. The van der Waals surface area contributed by atoms with Crippen molar-refractivity contribution in [2.24, 2.45) is 0 Å². The molecule has 9 heteroatoms. The predicted octanol–water partition coefficient (Wildman–Crippen LogP) is 3.79.